The van der Waals surface area contributed by atoms with Gasteiger partial charge in [-0.25, -0.2) is 4.18 Å². The zero-order valence-corrected chi connectivity index (χ0v) is 52.7. The molecule has 474 valence electrons. The maximum Gasteiger partial charge on any atom is 0.397 e. The topological polar surface area (TPSA) is 192 Å². The van der Waals surface area contributed by atoms with Crippen LogP contribution < -0.4 is 5.32 Å². The Morgan fingerprint density at radius 1 is 0.500 bits per heavy atom. The second kappa shape index (κ2) is 56.7. The lowest BCUT2D eigenvalue weighted by molar-refractivity contribution is -0.298. The van der Waals surface area contributed by atoms with E-state index in [-0.39, 0.29) is 12.5 Å². The lowest BCUT2D eigenvalue weighted by Gasteiger charge is -2.41. The Hall–Kier alpha value is -1.42. The maximum atomic E-state index is 13.2. The number of carbonyl (C=O) groups is 1. The number of hydrogen-bond acceptors (Lipinski definition) is 10. The molecule has 13 heteroatoms. The van der Waals surface area contributed by atoms with E-state index in [1.165, 1.54) is 257 Å². The lowest BCUT2D eigenvalue weighted by Crippen LogP contribution is -2.61. The molecular formula is C67H129NO11S. The summed E-state index contributed by atoms with van der Waals surface area (Å²) in [6.07, 6.45) is 63.6. The van der Waals surface area contributed by atoms with Gasteiger partial charge in [0.25, 0.3) is 0 Å². The molecule has 1 amide bonds. The Morgan fingerprint density at radius 3 is 1.19 bits per heavy atom. The number of ether oxygens (including phenoxy) is 2. The molecule has 0 aromatic carbocycles. The van der Waals surface area contributed by atoms with Crippen LogP contribution in [0.25, 0.3) is 0 Å². The van der Waals surface area contributed by atoms with Gasteiger partial charge in [-0.1, -0.05) is 314 Å². The first-order valence-electron chi connectivity index (χ1n) is 34.2. The summed E-state index contributed by atoms with van der Waals surface area (Å²) >= 11 is 0. The number of allylic oxidation sites excluding steroid dienone is 4. The van der Waals surface area contributed by atoms with Crippen LogP contribution in [0.15, 0.2) is 24.3 Å². The zero-order chi connectivity index (χ0) is 58.3. The first kappa shape index (κ1) is 76.6. The van der Waals surface area contributed by atoms with Gasteiger partial charge in [0.2, 0.25) is 5.91 Å². The number of nitrogens with one attached hydrogen (secondary N) is 1. The SMILES string of the molecule is CCCCCCCCCCCCC/C=C\C/C=C\CCCCCCCCCCCCCCCCCCCC(=O)NC(COC1OC(CO)C(O)C(OS(=O)(=O)O)C1O)C(O)CCCCCCCCCCCCCCCCCCCC. The molecule has 6 N–H and O–H groups in total. The molecule has 1 aliphatic heterocycles. The lowest BCUT2D eigenvalue weighted by atomic mass is 9.99. The van der Waals surface area contributed by atoms with E-state index in [2.05, 4.69) is 47.7 Å². The van der Waals surface area contributed by atoms with Gasteiger partial charge in [0.05, 0.1) is 25.4 Å². The summed E-state index contributed by atoms with van der Waals surface area (Å²) in [5.41, 5.74) is 0. The molecule has 0 radical (unpaired) electrons. The quantitative estimate of drug-likeness (QED) is 0.0193. The summed E-state index contributed by atoms with van der Waals surface area (Å²) in [4.78, 5) is 13.2. The molecule has 12 nitrogen and oxygen atoms in total. The van der Waals surface area contributed by atoms with Gasteiger partial charge in [-0.05, 0) is 44.9 Å². The highest BCUT2D eigenvalue weighted by Gasteiger charge is 2.48. The van der Waals surface area contributed by atoms with Gasteiger partial charge in [-0.15, -0.1) is 0 Å². The highest BCUT2D eigenvalue weighted by Crippen LogP contribution is 2.27. The first-order valence-corrected chi connectivity index (χ1v) is 35.6. The summed E-state index contributed by atoms with van der Waals surface area (Å²) in [5, 5.41) is 45.3. The standard InChI is InChI=1S/C67H129NO11S/c1-3-5-7-9-11-13-15-17-19-21-23-24-25-26-27-28-29-30-31-32-33-34-35-36-37-38-39-41-43-45-47-49-51-53-55-57-63(71)68-60(59-77-67-65(73)66(79-80(74,75)76)64(72)62(58-69)78-67)61(70)56-54-52-50-48-46-44-42-40-22-20-18-16-14-12-10-8-6-4-2/h25-26,28-29,60-62,64-67,69-70,72-73H,3-24,27,30-59H2,1-2H3,(H,68,71)(H,74,75,76)/b26-25-,29-28-. The first-order chi connectivity index (χ1) is 39.0. The van der Waals surface area contributed by atoms with E-state index >= 15 is 0 Å². The third-order valence-corrected chi connectivity index (χ3v) is 17.0. The van der Waals surface area contributed by atoms with Crippen molar-refractivity contribution >= 4 is 16.3 Å². The van der Waals surface area contributed by atoms with E-state index in [1.54, 1.807) is 0 Å². The minimum Gasteiger partial charge on any atom is -0.394 e. The molecule has 7 atom stereocenters. The van der Waals surface area contributed by atoms with Crippen LogP contribution in [-0.2, 0) is 28.9 Å². The van der Waals surface area contributed by atoms with Crippen LogP contribution in [0, 0.1) is 0 Å². The van der Waals surface area contributed by atoms with Crippen molar-refractivity contribution in [3.05, 3.63) is 24.3 Å². The largest absolute Gasteiger partial charge is 0.397 e. The van der Waals surface area contributed by atoms with E-state index in [4.69, 9.17) is 9.47 Å². The van der Waals surface area contributed by atoms with Gasteiger partial charge < -0.3 is 35.2 Å². The molecule has 0 aromatic heterocycles. The van der Waals surface area contributed by atoms with E-state index in [1.807, 2.05) is 0 Å². The minimum absolute atomic E-state index is 0.223. The number of amides is 1. The van der Waals surface area contributed by atoms with Crippen LogP contribution in [-0.4, -0.2) is 95.4 Å². The summed E-state index contributed by atoms with van der Waals surface area (Å²) in [7, 11) is -5.08. The fraction of sp³-hybridized carbons (Fsp3) is 0.925. The number of unbranched alkanes of at least 4 members (excludes halogenated alkanes) is 45. The fourth-order valence-electron chi connectivity index (χ4n) is 11.3. The smallest absolute Gasteiger partial charge is 0.394 e. The molecule has 1 saturated heterocycles. The Bertz CT molecular complexity index is 1500. The summed E-state index contributed by atoms with van der Waals surface area (Å²) in [6, 6.07) is -0.857. The van der Waals surface area contributed by atoms with Gasteiger partial charge in [-0.2, -0.15) is 8.42 Å². The Kier molecular flexibility index (Phi) is 54.3. The minimum atomic E-state index is -5.08. The Labute approximate surface area is 493 Å². The fourth-order valence-corrected chi connectivity index (χ4v) is 11.8. The van der Waals surface area contributed by atoms with Crippen molar-refractivity contribution in [3.8, 4) is 0 Å². The average molecular weight is 1160 g/mol. The predicted octanol–water partition coefficient (Wildman–Crippen LogP) is 17.5. The predicted molar refractivity (Wildman–Crippen MR) is 333 cm³/mol. The van der Waals surface area contributed by atoms with Gasteiger partial charge in [0.15, 0.2) is 6.29 Å². The second-order valence-corrected chi connectivity index (χ2v) is 25.2. The summed E-state index contributed by atoms with van der Waals surface area (Å²) in [5.74, 6) is -0.223. The Morgan fingerprint density at radius 2 is 0.838 bits per heavy atom. The molecule has 0 bridgehead atoms. The Balaban J connectivity index is 2.20. The molecule has 1 heterocycles. The van der Waals surface area contributed by atoms with Gasteiger partial charge in [0, 0.05) is 6.42 Å². The molecule has 1 rings (SSSR count). The summed E-state index contributed by atoms with van der Waals surface area (Å²) < 4.78 is 48.0. The van der Waals surface area contributed by atoms with Crippen molar-refractivity contribution in [2.24, 2.45) is 0 Å². The third-order valence-electron chi connectivity index (χ3n) is 16.5. The third kappa shape index (κ3) is 47.9. The summed E-state index contributed by atoms with van der Waals surface area (Å²) in [6.45, 7) is 3.51. The monoisotopic (exact) mass is 1160 g/mol. The van der Waals surface area contributed by atoms with Gasteiger partial charge in [-0.3, -0.25) is 9.35 Å². The number of rotatable bonds is 61. The number of hydrogen-bond donors (Lipinski definition) is 6. The van der Waals surface area contributed by atoms with Crippen LogP contribution in [0.5, 0.6) is 0 Å². The van der Waals surface area contributed by atoms with Crippen LogP contribution in [0.4, 0.5) is 0 Å². The molecule has 0 aliphatic carbocycles. The van der Waals surface area contributed by atoms with E-state index < -0.39 is 59.9 Å². The maximum absolute atomic E-state index is 13.2. The van der Waals surface area contributed by atoms with Crippen LogP contribution >= 0.6 is 0 Å². The molecule has 7 unspecified atom stereocenters. The van der Waals surface area contributed by atoms with E-state index in [0.717, 1.165) is 57.8 Å². The zero-order valence-electron chi connectivity index (χ0n) is 51.9. The van der Waals surface area contributed by atoms with Crippen molar-refractivity contribution < 1.29 is 51.8 Å². The van der Waals surface area contributed by atoms with Crippen molar-refractivity contribution in [2.45, 2.75) is 384 Å². The van der Waals surface area contributed by atoms with Gasteiger partial charge in [0.1, 0.15) is 24.4 Å². The number of carbonyl (C=O) groups excluding carboxylic acids is 1. The van der Waals surface area contributed by atoms with Crippen molar-refractivity contribution in [3.63, 3.8) is 0 Å². The van der Waals surface area contributed by atoms with Crippen molar-refractivity contribution in [1.29, 1.82) is 0 Å². The molecule has 80 heavy (non-hydrogen) atoms. The van der Waals surface area contributed by atoms with Crippen LogP contribution in [0.1, 0.15) is 341 Å². The van der Waals surface area contributed by atoms with Crippen LogP contribution in [0.3, 0.4) is 0 Å². The highest BCUT2D eigenvalue weighted by molar-refractivity contribution is 7.80. The molecular weight excluding hydrogens is 1030 g/mol. The number of aliphatic hydroxyl groups excluding tert-OH is 4. The van der Waals surface area contributed by atoms with Gasteiger partial charge >= 0.3 is 10.4 Å². The van der Waals surface area contributed by atoms with E-state index in [9.17, 15) is 38.2 Å². The van der Waals surface area contributed by atoms with E-state index in [0.29, 0.717) is 12.8 Å². The molecule has 1 aliphatic rings. The van der Waals surface area contributed by atoms with Crippen molar-refractivity contribution in [2.75, 3.05) is 13.2 Å². The highest BCUT2D eigenvalue weighted by atomic mass is 32.3. The number of aliphatic hydroxyl groups is 4. The normalized spacial score (nSPS) is 18.7. The van der Waals surface area contributed by atoms with Crippen LogP contribution in [0.2, 0.25) is 0 Å². The molecule has 1 fully saturated rings. The second-order valence-electron chi connectivity index (χ2n) is 24.1. The molecule has 0 spiro atoms. The molecule has 0 saturated carbocycles. The van der Waals surface area contributed by atoms with Crippen molar-refractivity contribution in [1.82, 2.24) is 5.32 Å². The average Bonchev–Trinajstić information content (AvgIpc) is 3.43. The molecule has 0 aromatic rings.